The second-order valence-corrected chi connectivity index (χ2v) is 8.62. The lowest BCUT2D eigenvalue weighted by atomic mass is 10.0. The van der Waals surface area contributed by atoms with Gasteiger partial charge in [-0.3, -0.25) is 14.9 Å². The summed E-state index contributed by atoms with van der Waals surface area (Å²) in [7, 11) is 1.49. The third-order valence-electron chi connectivity index (χ3n) is 5.23. The first-order chi connectivity index (χ1) is 16.3. The number of carbonyl (C=O) groups is 3. The Bertz CT molecular complexity index is 1360. The largest absolute Gasteiger partial charge is 0.496 e. The summed E-state index contributed by atoms with van der Waals surface area (Å²) in [6, 6.07) is 15.2. The summed E-state index contributed by atoms with van der Waals surface area (Å²) in [6.45, 7) is 0. The van der Waals surface area contributed by atoms with Crippen molar-refractivity contribution >= 4 is 57.1 Å². The van der Waals surface area contributed by atoms with Crippen molar-refractivity contribution in [1.29, 1.82) is 0 Å². The van der Waals surface area contributed by atoms with Crippen molar-refractivity contribution in [1.82, 2.24) is 5.32 Å². The first-order valence-corrected chi connectivity index (χ1v) is 11.2. The minimum absolute atomic E-state index is 0.261. The molecular formula is C25H17BrClFN2O4. The van der Waals surface area contributed by atoms with Gasteiger partial charge in [0.1, 0.15) is 17.1 Å². The van der Waals surface area contributed by atoms with Gasteiger partial charge in [-0.1, -0.05) is 57.9 Å². The molecule has 9 heteroatoms. The molecule has 34 heavy (non-hydrogen) atoms. The number of rotatable bonds is 5. The van der Waals surface area contributed by atoms with Crippen LogP contribution in [0.25, 0.3) is 6.08 Å². The van der Waals surface area contributed by atoms with E-state index in [2.05, 4.69) is 21.2 Å². The predicted molar refractivity (Wildman–Crippen MR) is 130 cm³/mol. The van der Waals surface area contributed by atoms with E-state index in [1.807, 2.05) is 24.3 Å². The van der Waals surface area contributed by atoms with Gasteiger partial charge in [-0.05, 0) is 47.5 Å². The molecule has 0 bridgehead atoms. The molecule has 172 valence electrons. The standard InChI is InChI=1S/C25H17BrClFN2O4/c1-34-22-12-14(11-19(27)16(22)13-15-6-2-3-7-18(15)26)10-17-23(31)29-25(33)30(24(17)32)21-9-5-4-8-20(21)28/h2-12H,13H2,1H3,(H,29,31,33)/b17-10-. The van der Waals surface area contributed by atoms with Gasteiger partial charge in [-0.25, -0.2) is 14.1 Å². The third-order valence-corrected chi connectivity index (χ3v) is 6.34. The Balaban J connectivity index is 1.73. The van der Waals surface area contributed by atoms with E-state index in [9.17, 15) is 18.8 Å². The van der Waals surface area contributed by atoms with Crippen LogP contribution in [0.3, 0.4) is 0 Å². The number of urea groups is 1. The molecule has 0 aromatic heterocycles. The fourth-order valence-electron chi connectivity index (χ4n) is 3.58. The Hall–Kier alpha value is -3.49. The summed E-state index contributed by atoms with van der Waals surface area (Å²) < 4.78 is 20.7. The molecule has 6 nitrogen and oxygen atoms in total. The number of nitrogens with zero attached hydrogens (tertiary/aromatic N) is 1. The first kappa shape index (κ1) is 23.7. The molecular weight excluding hydrogens is 527 g/mol. The topological polar surface area (TPSA) is 75.7 Å². The predicted octanol–water partition coefficient (Wildman–Crippen LogP) is 5.51. The molecule has 1 saturated heterocycles. The van der Waals surface area contributed by atoms with Gasteiger partial charge in [0, 0.05) is 21.5 Å². The van der Waals surface area contributed by atoms with Gasteiger partial charge in [0.2, 0.25) is 0 Å². The number of nitrogens with one attached hydrogen (secondary N) is 1. The summed E-state index contributed by atoms with van der Waals surface area (Å²) in [5.41, 5.74) is 1.51. The Morgan fingerprint density at radius 2 is 1.79 bits per heavy atom. The van der Waals surface area contributed by atoms with Crippen LogP contribution in [0.15, 0.2) is 70.7 Å². The highest BCUT2D eigenvalue weighted by Gasteiger charge is 2.38. The number of benzene rings is 3. The smallest absolute Gasteiger partial charge is 0.336 e. The number of barbiturate groups is 1. The molecule has 1 aliphatic rings. The lowest BCUT2D eigenvalue weighted by Gasteiger charge is -2.26. The van der Waals surface area contributed by atoms with Crippen LogP contribution in [0.4, 0.5) is 14.9 Å². The van der Waals surface area contributed by atoms with Gasteiger partial charge in [-0.2, -0.15) is 0 Å². The molecule has 1 N–H and O–H groups in total. The molecule has 1 fully saturated rings. The zero-order chi connectivity index (χ0) is 24.4. The van der Waals surface area contributed by atoms with Crippen LogP contribution in [-0.2, 0) is 16.0 Å². The Kier molecular flexibility index (Phi) is 6.81. The molecule has 0 spiro atoms. The lowest BCUT2D eigenvalue weighted by Crippen LogP contribution is -2.54. The maximum Gasteiger partial charge on any atom is 0.336 e. The fraction of sp³-hybridized carbons (Fsp3) is 0.0800. The van der Waals surface area contributed by atoms with Crippen LogP contribution in [0.2, 0.25) is 5.02 Å². The number of imide groups is 2. The van der Waals surface area contributed by atoms with E-state index in [4.69, 9.17) is 16.3 Å². The van der Waals surface area contributed by atoms with E-state index in [0.717, 1.165) is 21.7 Å². The highest BCUT2D eigenvalue weighted by atomic mass is 79.9. The molecule has 4 amide bonds. The van der Waals surface area contributed by atoms with Crippen molar-refractivity contribution in [3.63, 3.8) is 0 Å². The number of hydrogen-bond donors (Lipinski definition) is 1. The van der Waals surface area contributed by atoms with Gasteiger partial charge in [0.05, 0.1) is 12.8 Å². The summed E-state index contributed by atoms with van der Waals surface area (Å²) in [6.07, 6.45) is 1.77. The van der Waals surface area contributed by atoms with Crippen molar-refractivity contribution in [2.45, 2.75) is 6.42 Å². The SMILES string of the molecule is COc1cc(/C=C2/C(=O)NC(=O)N(c3ccccc3F)C2=O)cc(Cl)c1Cc1ccccc1Br. The number of hydrogen-bond acceptors (Lipinski definition) is 4. The molecule has 0 aliphatic carbocycles. The third kappa shape index (κ3) is 4.60. The summed E-state index contributed by atoms with van der Waals surface area (Å²) in [4.78, 5) is 38.4. The first-order valence-electron chi connectivity index (χ1n) is 10.1. The molecule has 0 radical (unpaired) electrons. The number of anilines is 1. The van der Waals surface area contributed by atoms with E-state index in [-0.39, 0.29) is 11.3 Å². The van der Waals surface area contributed by atoms with E-state index >= 15 is 0 Å². The summed E-state index contributed by atoms with van der Waals surface area (Å²) in [5.74, 6) is -2.16. The molecule has 0 saturated carbocycles. The Morgan fingerprint density at radius 3 is 2.50 bits per heavy atom. The molecule has 3 aromatic rings. The van der Waals surface area contributed by atoms with Crippen LogP contribution >= 0.6 is 27.5 Å². The number of para-hydroxylation sites is 1. The highest BCUT2D eigenvalue weighted by Crippen LogP contribution is 2.34. The minimum Gasteiger partial charge on any atom is -0.496 e. The maximum absolute atomic E-state index is 14.3. The van der Waals surface area contributed by atoms with Crippen LogP contribution in [0.1, 0.15) is 16.7 Å². The number of ether oxygens (including phenoxy) is 1. The van der Waals surface area contributed by atoms with Gasteiger partial charge in [-0.15, -0.1) is 0 Å². The van der Waals surface area contributed by atoms with Crippen LogP contribution in [-0.4, -0.2) is 25.0 Å². The molecule has 1 aliphatic heterocycles. The van der Waals surface area contributed by atoms with Gasteiger partial charge in [0.25, 0.3) is 11.8 Å². The Morgan fingerprint density at radius 1 is 1.09 bits per heavy atom. The average Bonchev–Trinajstić information content (AvgIpc) is 2.80. The molecule has 3 aromatic carbocycles. The summed E-state index contributed by atoms with van der Waals surface area (Å²) >= 11 is 10.1. The van der Waals surface area contributed by atoms with Crippen molar-refractivity contribution in [2.24, 2.45) is 0 Å². The number of amides is 4. The van der Waals surface area contributed by atoms with Crippen molar-refractivity contribution in [3.05, 3.63) is 98.2 Å². The van der Waals surface area contributed by atoms with Crippen LogP contribution in [0, 0.1) is 5.82 Å². The second kappa shape index (κ2) is 9.79. The van der Waals surface area contributed by atoms with Crippen LogP contribution < -0.4 is 15.0 Å². The molecule has 0 atom stereocenters. The highest BCUT2D eigenvalue weighted by molar-refractivity contribution is 9.10. The maximum atomic E-state index is 14.3. The van der Waals surface area contributed by atoms with Crippen molar-refractivity contribution in [3.8, 4) is 5.75 Å². The minimum atomic E-state index is -1.03. The zero-order valence-electron chi connectivity index (χ0n) is 17.8. The molecule has 0 unspecified atom stereocenters. The van der Waals surface area contributed by atoms with Crippen molar-refractivity contribution < 1.29 is 23.5 Å². The zero-order valence-corrected chi connectivity index (χ0v) is 20.1. The monoisotopic (exact) mass is 542 g/mol. The average molecular weight is 544 g/mol. The number of carbonyl (C=O) groups excluding carboxylic acids is 3. The van der Waals surface area contributed by atoms with Gasteiger partial charge < -0.3 is 4.74 Å². The van der Waals surface area contributed by atoms with Gasteiger partial charge in [0.15, 0.2) is 0 Å². The second-order valence-electron chi connectivity index (χ2n) is 7.36. The normalized spacial score (nSPS) is 15.0. The van der Waals surface area contributed by atoms with Crippen molar-refractivity contribution in [2.75, 3.05) is 12.0 Å². The Labute approximate surface area is 208 Å². The van der Waals surface area contributed by atoms with E-state index in [1.54, 1.807) is 12.1 Å². The molecule has 1 heterocycles. The summed E-state index contributed by atoms with van der Waals surface area (Å²) in [5, 5.41) is 2.44. The van der Waals surface area contributed by atoms with E-state index < -0.39 is 23.7 Å². The van der Waals surface area contributed by atoms with E-state index in [0.29, 0.717) is 27.7 Å². The molecule has 4 rings (SSSR count). The lowest BCUT2D eigenvalue weighted by molar-refractivity contribution is -0.122. The fourth-order valence-corrected chi connectivity index (χ4v) is 4.29. The van der Waals surface area contributed by atoms with Gasteiger partial charge >= 0.3 is 6.03 Å². The number of halogens is 3. The number of methoxy groups -OCH3 is 1. The van der Waals surface area contributed by atoms with Crippen LogP contribution in [0.5, 0.6) is 5.75 Å². The van der Waals surface area contributed by atoms with E-state index in [1.165, 1.54) is 31.4 Å². The quantitative estimate of drug-likeness (QED) is 0.340.